The Morgan fingerprint density at radius 3 is 2.30 bits per heavy atom. The van der Waals surface area contributed by atoms with Gasteiger partial charge in [-0.05, 0) is 43.2 Å². The van der Waals surface area contributed by atoms with Crippen LogP contribution in [0.25, 0.3) is 0 Å². The Hall–Kier alpha value is -2.70. The van der Waals surface area contributed by atoms with Crippen molar-refractivity contribution in [3.63, 3.8) is 0 Å². The molecule has 1 aliphatic rings. The molecule has 6 nitrogen and oxygen atoms in total. The first-order chi connectivity index (χ1) is 13.0. The van der Waals surface area contributed by atoms with Crippen molar-refractivity contribution in [2.75, 3.05) is 36.5 Å². The average Bonchev–Trinajstić information content (AvgIpc) is 2.69. The number of nitrogens with two attached hydrogens (primary N) is 1. The van der Waals surface area contributed by atoms with Gasteiger partial charge in [0.25, 0.3) is 0 Å². The fourth-order valence-electron chi connectivity index (χ4n) is 3.03. The van der Waals surface area contributed by atoms with E-state index in [1.54, 1.807) is 12.1 Å². The van der Waals surface area contributed by atoms with E-state index >= 15 is 0 Å². The molecule has 0 bridgehead atoms. The van der Waals surface area contributed by atoms with Crippen molar-refractivity contribution in [3.8, 4) is 0 Å². The molecule has 0 radical (unpaired) electrons. The molecule has 2 aromatic carbocycles. The topological polar surface area (TPSA) is 84.7 Å². The van der Waals surface area contributed by atoms with E-state index in [4.69, 9.17) is 10.5 Å². The molecule has 1 amide bonds. The number of ether oxygens (including phenoxy) is 1. The van der Waals surface area contributed by atoms with E-state index in [-0.39, 0.29) is 11.7 Å². The van der Waals surface area contributed by atoms with Gasteiger partial charge in [0.1, 0.15) is 0 Å². The summed E-state index contributed by atoms with van der Waals surface area (Å²) in [6.07, 6.45) is 0.413. The molecule has 1 atom stereocenters. The summed E-state index contributed by atoms with van der Waals surface area (Å²) in [5.41, 5.74) is 9.45. The molecular weight excluding hydrogens is 342 g/mol. The molecule has 1 aliphatic heterocycles. The van der Waals surface area contributed by atoms with Gasteiger partial charge in [-0.1, -0.05) is 24.3 Å². The Labute approximate surface area is 159 Å². The smallest absolute Gasteiger partial charge is 0.241 e. The quantitative estimate of drug-likeness (QED) is 0.765. The molecule has 0 spiro atoms. The van der Waals surface area contributed by atoms with Crippen molar-refractivity contribution >= 4 is 23.1 Å². The van der Waals surface area contributed by atoms with Crippen molar-refractivity contribution in [3.05, 3.63) is 59.7 Å². The molecule has 2 aromatic rings. The van der Waals surface area contributed by atoms with Gasteiger partial charge in [-0.15, -0.1) is 0 Å². The summed E-state index contributed by atoms with van der Waals surface area (Å²) in [6, 6.07) is 14.3. The molecule has 1 fully saturated rings. The lowest BCUT2D eigenvalue weighted by Gasteiger charge is -2.28. The average molecular weight is 367 g/mol. The summed E-state index contributed by atoms with van der Waals surface area (Å²) in [7, 11) is 0. The van der Waals surface area contributed by atoms with Crippen LogP contribution in [0.4, 0.5) is 11.4 Å². The number of nitrogens with one attached hydrogen (secondary N) is 1. The minimum absolute atomic E-state index is 0.0177. The van der Waals surface area contributed by atoms with Crippen LogP contribution in [0.2, 0.25) is 0 Å². The molecule has 3 N–H and O–H groups in total. The minimum atomic E-state index is -0.660. The predicted molar refractivity (Wildman–Crippen MR) is 106 cm³/mol. The highest BCUT2D eigenvalue weighted by Gasteiger charge is 2.15. The lowest BCUT2D eigenvalue weighted by Crippen LogP contribution is -2.37. The number of nitrogens with zero attached hydrogens (tertiary/aromatic N) is 1. The van der Waals surface area contributed by atoms with Crippen molar-refractivity contribution in [2.24, 2.45) is 5.73 Å². The Balaban J connectivity index is 1.55. The van der Waals surface area contributed by atoms with Gasteiger partial charge in [0, 0.05) is 30.0 Å². The number of carbonyl (C=O) groups excluding carboxylic acids is 2. The highest BCUT2D eigenvalue weighted by Crippen LogP contribution is 2.19. The SMILES string of the molecule is CC(=O)c1ccc(C[C@H](N)C(=O)Nc2ccc(N3CCOCC3)cc2)cc1. The first kappa shape index (κ1) is 19.1. The predicted octanol–water partition coefficient (Wildman–Crippen LogP) is 2.23. The van der Waals surface area contributed by atoms with E-state index in [1.165, 1.54) is 6.92 Å². The number of rotatable bonds is 6. The highest BCUT2D eigenvalue weighted by molar-refractivity contribution is 5.95. The first-order valence-corrected chi connectivity index (χ1v) is 9.12. The largest absolute Gasteiger partial charge is 0.378 e. The molecule has 3 rings (SSSR count). The molecule has 1 heterocycles. The number of hydrogen-bond acceptors (Lipinski definition) is 5. The van der Waals surface area contributed by atoms with Gasteiger partial charge in [0.2, 0.25) is 5.91 Å². The van der Waals surface area contributed by atoms with E-state index in [9.17, 15) is 9.59 Å². The molecule has 1 saturated heterocycles. The number of amides is 1. The molecule has 142 valence electrons. The van der Waals surface area contributed by atoms with Gasteiger partial charge in [0.15, 0.2) is 5.78 Å². The molecular formula is C21H25N3O3. The van der Waals surface area contributed by atoms with Crippen LogP contribution < -0.4 is 16.0 Å². The number of hydrogen-bond donors (Lipinski definition) is 2. The van der Waals surface area contributed by atoms with Crippen LogP contribution in [-0.4, -0.2) is 44.0 Å². The fourth-order valence-corrected chi connectivity index (χ4v) is 3.03. The molecule has 0 unspecified atom stereocenters. The maximum Gasteiger partial charge on any atom is 0.241 e. The van der Waals surface area contributed by atoms with E-state index in [0.717, 1.165) is 43.2 Å². The zero-order valence-corrected chi connectivity index (χ0v) is 15.5. The van der Waals surface area contributed by atoms with Gasteiger partial charge in [-0.3, -0.25) is 9.59 Å². The third-order valence-electron chi connectivity index (χ3n) is 4.66. The number of carbonyl (C=O) groups is 2. The number of morpholine rings is 1. The number of Topliss-reactive ketones (excluding diaryl/α,β-unsaturated/α-hetero) is 1. The second-order valence-electron chi connectivity index (χ2n) is 6.70. The number of anilines is 2. The second-order valence-corrected chi connectivity index (χ2v) is 6.70. The Morgan fingerprint density at radius 1 is 1.07 bits per heavy atom. The molecule has 0 aromatic heterocycles. The Kier molecular flexibility index (Phi) is 6.21. The number of ketones is 1. The van der Waals surface area contributed by atoms with Gasteiger partial charge in [-0.2, -0.15) is 0 Å². The summed E-state index contributed by atoms with van der Waals surface area (Å²) < 4.78 is 5.36. The molecule has 0 aliphatic carbocycles. The van der Waals surface area contributed by atoms with Crippen LogP contribution in [0.15, 0.2) is 48.5 Å². The van der Waals surface area contributed by atoms with Crippen LogP contribution in [0.5, 0.6) is 0 Å². The van der Waals surface area contributed by atoms with Crippen molar-refractivity contribution in [2.45, 2.75) is 19.4 Å². The van der Waals surface area contributed by atoms with Gasteiger partial charge >= 0.3 is 0 Å². The second kappa shape index (κ2) is 8.79. The van der Waals surface area contributed by atoms with Gasteiger partial charge in [0.05, 0.1) is 19.3 Å². The molecule has 6 heteroatoms. The normalized spacial score (nSPS) is 15.3. The monoisotopic (exact) mass is 367 g/mol. The highest BCUT2D eigenvalue weighted by atomic mass is 16.5. The fraction of sp³-hybridized carbons (Fsp3) is 0.333. The maximum absolute atomic E-state index is 12.4. The Bertz CT molecular complexity index is 781. The third-order valence-corrected chi connectivity index (χ3v) is 4.66. The van der Waals surface area contributed by atoms with E-state index in [1.807, 2.05) is 36.4 Å². The van der Waals surface area contributed by atoms with Crippen LogP contribution in [-0.2, 0) is 16.0 Å². The zero-order chi connectivity index (χ0) is 19.2. The van der Waals surface area contributed by atoms with Crippen molar-refractivity contribution in [1.82, 2.24) is 0 Å². The Morgan fingerprint density at radius 2 is 1.70 bits per heavy atom. The van der Waals surface area contributed by atoms with Gasteiger partial charge in [-0.25, -0.2) is 0 Å². The summed E-state index contributed by atoms with van der Waals surface area (Å²) in [4.78, 5) is 25.9. The molecule has 0 saturated carbocycles. The summed E-state index contributed by atoms with van der Waals surface area (Å²) >= 11 is 0. The standard InChI is InChI=1S/C21H25N3O3/c1-15(25)17-4-2-16(3-5-17)14-20(22)21(26)23-18-6-8-19(9-7-18)24-10-12-27-13-11-24/h2-9,20H,10-14,22H2,1H3,(H,23,26)/t20-/m0/s1. The lowest BCUT2D eigenvalue weighted by molar-refractivity contribution is -0.117. The lowest BCUT2D eigenvalue weighted by atomic mass is 10.0. The van der Waals surface area contributed by atoms with Crippen LogP contribution in [0.3, 0.4) is 0 Å². The van der Waals surface area contributed by atoms with Crippen LogP contribution in [0.1, 0.15) is 22.8 Å². The summed E-state index contributed by atoms with van der Waals surface area (Å²) in [5.74, 6) is -0.214. The van der Waals surface area contributed by atoms with Crippen molar-refractivity contribution < 1.29 is 14.3 Å². The van der Waals surface area contributed by atoms with E-state index in [0.29, 0.717) is 12.0 Å². The van der Waals surface area contributed by atoms with E-state index < -0.39 is 6.04 Å². The van der Waals surface area contributed by atoms with Crippen LogP contribution >= 0.6 is 0 Å². The first-order valence-electron chi connectivity index (χ1n) is 9.12. The minimum Gasteiger partial charge on any atom is -0.378 e. The van der Waals surface area contributed by atoms with Crippen molar-refractivity contribution in [1.29, 1.82) is 0 Å². The van der Waals surface area contributed by atoms with E-state index in [2.05, 4.69) is 10.2 Å². The number of benzene rings is 2. The summed E-state index contributed by atoms with van der Waals surface area (Å²) in [5, 5.41) is 2.86. The maximum atomic E-state index is 12.4. The third kappa shape index (κ3) is 5.15. The summed E-state index contributed by atoms with van der Waals surface area (Å²) in [6.45, 7) is 4.75. The van der Waals surface area contributed by atoms with Crippen LogP contribution in [0, 0.1) is 0 Å². The molecule has 27 heavy (non-hydrogen) atoms. The van der Waals surface area contributed by atoms with Gasteiger partial charge < -0.3 is 20.7 Å². The zero-order valence-electron chi connectivity index (χ0n) is 15.5.